The number of hydrogen-bond donors (Lipinski definition) is 2. The Morgan fingerprint density at radius 3 is 2.59 bits per heavy atom. The summed E-state index contributed by atoms with van der Waals surface area (Å²) in [7, 11) is 0. The molecular weight excluding hydrogens is 276 g/mol. The number of rotatable bonds is 2. The van der Waals surface area contributed by atoms with Crippen LogP contribution in [0, 0.1) is 13.8 Å². The van der Waals surface area contributed by atoms with Gasteiger partial charge in [-0.25, -0.2) is 0 Å². The van der Waals surface area contributed by atoms with Crippen LogP contribution < -0.4 is 10.7 Å². The molecule has 0 bridgehead atoms. The molecular formula is C18H16N2O2. The number of carbonyl (C=O) groups excluding carboxylic acids is 1. The SMILES string of the molecule is Cc1ccc(NC(=O)c2c[nH]c3ccccc3c2=O)cc1C. The highest BCUT2D eigenvalue weighted by Gasteiger charge is 2.13. The average Bonchev–Trinajstić information content (AvgIpc) is 2.51. The van der Waals surface area contributed by atoms with Gasteiger partial charge in [0.05, 0.1) is 0 Å². The largest absolute Gasteiger partial charge is 0.360 e. The van der Waals surface area contributed by atoms with Crippen LogP contribution in [0.2, 0.25) is 0 Å². The highest BCUT2D eigenvalue weighted by molar-refractivity contribution is 6.05. The molecule has 2 aromatic carbocycles. The molecule has 0 atom stereocenters. The third kappa shape index (κ3) is 2.51. The van der Waals surface area contributed by atoms with Crippen LogP contribution in [0.4, 0.5) is 5.69 Å². The number of anilines is 1. The second-order valence-corrected chi connectivity index (χ2v) is 5.33. The Hall–Kier alpha value is -2.88. The maximum absolute atomic E-state index is 12.4. The fraction of sp³-hybridized carbons (Fsp3) is 0.111. The van der Waals surface area contributed by atoms with Crippen LogP contribution in [0.15, 0.2) is 53.5 Å². The Labute approximate surface area is 127 Å². The minimum atomic E-state index is -0.407. The van der Waals surface area contributed by atoms with E-state index in [0.29, 0.717) is 11.1 Å². The predicted molar refractivity (Wildman–Crippen MR) is 88.4 cm³/mol. The molecule has 0 saturated heterocycles. The Morgan fingerprint density at radius 2 is 1.82 bits per heavy atom. The topological polar surface area (TPSA) is 62.0 Å². The van der Waals surface area contributed by atoms with Gasteiger partial charge in [0, 0.05) is 22.8 Å². The fourth-order valence-corrected chi connectivity index (χ4v) is 2.35. The fourth-order valence-electron chi connectivity index (χ4n) is 2.35. The van der Waals surface area contributed by atoms with Gasteiger partial charge >= 0.3 is 0 Å². The minimum Gasteiger partial charge on any atom is -0.360 e. The number of aromatic nitrogens is 1. The maximum atomic E-state index is 12.4. The van der Waals surface area contributed by atoms with Crippen molar-refractivity contribution in [1.82, 2.24) is 4.98 Å². The smallest absolute Gasteiger partial charge is 0.261 e. The van der Waals surface area contributed by atoms with E-state index in [1.54, 1.807) is 12.1 Å². The lowest BCUT2D eigenvalue weighted by Gasteiger charge is -2.08. The van der Waals surface area contributed by atoms with Crippen LogP contribution in [0.3, 0.4) is 0 Å². The van der Waals surface area contributed by atoms with Gasteiger partial charge in [0.1, 0.15) is 5.56 Å². The monoisotopic (exact) mass is 292 g/mol. The molecule has 22 heavy (non-hydrogen) atoms. The Kier molecular flexibility index (Phi) is 3.51. The van der Waals surface area contributed by atoms with E-state index in [0.717, 1.165) is 16.6 Å². The van der Waals surface area contributed by atoms with Crippen molar-refractivity contribution in [2.75, 3.05) is 5.32 Å². The van der Waals surface area contributed by atoms with Crippen molar-refractivity contribution in [2.45, 2.75) is 13.8 Å². The lowest BCUT2D eigenvalue weighted by molar-refractivity contribution is 0.102. The van der Waals surface area contributed by atoms with Gasteiger partial charge in [0.15, 0.2) is 0 Å². The second-order valence-electron chi connectivity index (χ2n) is 5.33. The van der Waals surface area contributed by atoms with Gasteiger partial charge < -0.3 is 10.3 Å². The average molecular weight is 292 g/mol. The van der Waals surface area contributed by atoms with Crippen LogP contribution >= 0.6 is 0 Å². The van der Waals surface area contributed by atoms with E-state index in [9.17, 15) is 9.59 Å². The van der Waals surface area contributed by atoms with Crippen molar-refractivity contribution in [3.05, 3.63) is 75.6 Å². The van der Waals surface area contributed by atoms with Gasteiger partial charge in [0.2, 0.25) is 5.43 Å². The summed E-state index contributed by atoms with van der Waals surface area (Å²) in [6.07, 6.45) is 1.46. The first-order chi connectivity index (χ1) is 10.6. The number of nitrogens with one attached hydrogen (secondary N) is 2. The first kappa shape index (κ1) is 14.1. The van der Waals surface area contributed by atoms with Crippen molar-refractivity contribution < 1.29 is 4.79 Å². The first-order valence-electron chi connectivity index (χ1n) is 7.05. The van der Waals surface area contributed by atoms with Crippen LogP contribution in [-0.4, -0.2) is 10.9 Å². The molecule has 2 N–H and O–H groups in total. The molecule has 3 aromatic rings. The van der Waals surface area contributed by atoms with Gasteiger partial charge in [-0.2, -0.15) is 0 Å². The van der Waals surface area contributed by atoms with Gasteiger partial charge in [0.25, 0.3) is 5.91 Å². The van der Waals surface area contributed by atoms with Crippen LogP contribution in [0.5, 0.6) is 0 Å². The zero-order valence-electron chi connectivity index (χ0n) is 12.4. The molecule has 0 aliphatic carbocycles. The van der Waals surface area contributed by atoms with Gasteiger partial charge in [-0.3, -0.25) is 9.59 Å². The van der Waals surface area contributed by atoms with Crippen molar-refractivity contribution in [2.24, 2.45) is 0 Å². The summed E-state index contributed by atoms with van der Waals surface area (Å²) in [5.41, 5.74) is 3.48. The van der Waals surface area contributed by atoms with E-state index in [2.05, 4.69) is 10.3 Å². The molecule has 1 heterocycles. The van der Waals surface area contributed by atoms with E-state index in [1.807, 2.05) is 44.2 Å². The summed E-state index contributed by atoms with van der Waals surface area (Å²) >= 11 is 0. The number of pyridine rings is 1. The summed E-state index contributed by atoms with van der Waals surface area (Å²) in [6, 6.07) is 12.8. The Balaban J connectivity index is 1.97. The van der Waals surface area contributed by atoms with Crippen LogP contribution in [0.1, 0.15) is 21.5 Å². The summed E-state index contributed by atoms with van der Waals surface area (Å²) in [5, 5.41) is 3.28. The minimum absolute atomic E-state index is 0.108. The lowest BCUT2D eigenvalue weighted by Crippen LogP contribution is -2.21. The molecule has 1 amide bonds. The normalized spacial score (nSPS) is 10.6. The van der Waals surface area contributed by atoms with E-state index in [1.165, 1.54) is 6.20 Å². The molecule has 0 aliphatic rings. The molecule has 0 radical (unpaired) electrons. The molecule has 0 saturated carbocycles. The zero-order valence-corrected chi connectivity index (χ0v) is 12.4. The highest BCUT2D eigenvalue weighted by Crippen LogP contribution is 2.15. The highest BCUT2D eigenvalue weighted by atomic mass is 16.2. The molecule has 3 rings (SSSR count). The molecule has 110 valence electrons. The van der Waals surface area contributed by atoms with Gasteiger partial charge in [-0.1, -0.05) is 18.2 Å². The van der Waals surface area contributed by atoms with Crippen molar-refractivity contribution in [3.8, 4) is 0 Å². The number of fused-ring (bicyclic) bond motifs is 1. The quantitative estimate of drug-likeness (QED) is 0.760. The number of H-pyrrole nitrogens is 1. The summed E-state index contributed by atoms with van der Waals surface area (Å²) in [6.45, 7) is 3.99. The Bertz CT molecular complexity index is 926. The third-order valence-corrected chi connectivity index (χ3v) is 3.80. The number of benzene rings is 2. The molecule has 1 aromatic heterocycles. The van der Waals surface area contributed by atoms with Gasteiger partial charge in [-0.05, 0) is 49.2 Å². The number of hydrogen-bond acceptors (Lipinski definition) is 2. The Morgan fingerprint density at radius 1 is 1.05 bits per heavy atom. The third-order valence-electron chi connectivity index (χ3n) is 3.80. The van der Waals surface area contributed by atoms with Crippen molar-refractivity contribution in [1.29, 1.82) is 0 Å². The molecule has 0 aliphatic heterocycles. The van der Waals surface area contributed by atoms with E-state index in [-0.39, 0.29) is 11.0 Å². The summed E-state index contributed by atoms with van der Waals surface area (Å²) < 4.78 is 0. The summed E-state index contributed by atoms with van der Waals surface area (Å²) in [5.74, 6) is -0.407. The number of aromatic amines is 1. The lowest BCUT2D eigenvalue weighted by atomic mass is 10.1. The van der Waals surface area contributed by atoms with Crippen molar-refractivity contribution >= 4 is 22.5 Å². The standard InChI is InChI=1S/C18H16N2O2/c1-11-7-8-13(9-12(11)2)20-18(22)15-10-19-16-6-4-3-5-14(16)17(15)21/h3-10H,1-2H3,(H,19,21)(H,20,22). The predicted octanol–water partition coefficient (Wildman–Crippen LogP) is 3.40. The zero-order chi connectivity index (χ0) is 15.7. The van der Waals surface area contributed by atoms with E-state index < -0.39 is 5.91 Å². The van der Waals surface area contributed by atoms with Crippen molar-refractivity contribution in [3.63, 3.8) is 0 Å². The van der Waals surface area contributed by atoms with E-state index in [4.69, 9.17) is 0 Å². The number of amides is 1. The molecule has 0 unspecified atom stereocenters. The number of aryl methyl sites for hydroxylation is 2. The summed E-state index contributed by atoms with van der Waals surface area (Å²) in [4.78, 5) is 27.7. The van der Waals surface area contributed by atoms with Crippen LogP contribution in [0.25, 0.3) is 10.9 Å². The second kappa shape index (κ2) is 5.48. The van der Waals surface area contributed by atoms with Gasteiger partial charge in [-0.15, -0.1) is 0 Å². The maximum Gasteiger partial charge on any atom is 0.261 e. The number of carbonyl (C=O) groups is 1. The molecule has 4 heteroatoms. The van der Waals surface area contributed by atoms with E-state index >= 15 is 0 Å². The first-order valence-corrected chi connectivity index (χ1v) is 7.05. The number of para-hydroxylation sites is 1. The molecule has 0 spiro atoms. The molecule has 0 fully saturated rings. The molecule has 4 nitrogen and oxygen atoms in total. The van der Waals surface area contributed by atoms with Crippen LogP contribution in [-0.2, 0) is 0 Å².